The van der Waals surface area contributed by atoms with Gasteiger partial charge in [0.25, 0.3) is 15.9 Å². The van der Waals surface area contributed by atoms with E-state index < -0.39 is 10.0 Å². The summed E-state index contributed by atoms with van der Waals surface area (Å²) in [6, 6.07) is 14.7. The summed E-state index contributed by atoms with van der Waals surface area (Å²) >= 11 is 0. The van der Waals surface area contributed by atoms with Crippen molar-refractivity contribution in [1.29, 1.82) is 0 Å². The zero-order valence-electron chi connectivity index (χ0n) is 13.8. The third-order valence-corrected chi connectivity index (χ3v) is 4.93. The van der Waals surface area contributed by atoms with Gasteiger partial charge in [0.15, 0.2) is 0 Å². The Labute approximate surface area is 143 Å². The molecule has 128 valence electrons. The van der Waals surface area contributed by atoms with Crippen LogP contribution in [0.15, 0.2) is 59.5 Å². The Morgan fingerprint density at radius 3 is 2.46 bits per heavy atom. The summed E-state index contributed by atoms with van der Waals surface area (Å²) in [6.45, 7) is 4.00. The van der Waals surface area contributed by atoms with E-state index in [1.54, 1.807) is 36.4 Å². The van der Waals surface area contributed by atoms with E-state index in [2.05, 4.69) is 17.0 Å². The van der Waals surface area contributed by atoms with E-state index in [-0.39, 0.29) is 16.8 Å². The van der Waals surface area contributed by atoms with Crippen molar-refractivity contribution in [2.75, 3.05) is 4.72 Å². The van der Waals surface area contributed by atoms with Crippen LogP contribution in [0.2, 0.25) is 0 Å². The lowest BCUT2D eigenvalue weighted by Crippen LogP contribution is -2.32. The van der Waals surface area contributed by atoms with Crippen LogP contribution in [-0.4, -0.2) is 20.4 Å². The van der Waals surface area contributed by atoms with Crippen molar-refractivity contribution in [3.63, 3.8) is 0 Å². The minimum atomic E-state index is -3.67. The summed E-state index contributed by atoms with van der Waals surface area (Å²) in [5, 5.41) is 2.90. The van der Waals surface area contributed by atoms with Gasteiger partial charge in [-0.2, -0.15) is 0 Å². The molecule has 0 aliphatic carbocycles. The van der Waals surface area contributed by atoms with Gasteiger partial charge in [0.05, 0.1) is 4.90 Å². The van der Waals surface area contributed by atoms with Crippen LogP contribution in [0.4, 0.5) is 5.69 Å². The Balaban J connectivity index is 2.14. The van der Waals surface area contributed by atoms with Crippen molar-refractivity contribution in [3.05, 3.63) is 60.2 Å². The van der Waals surface area contributed by atoms with Gasteiger partial charge < -0.3 is 5.32 Å². The first-order valence-electron chi connectivity index (χ1n) is 7.91. The molecule has 24 heavy (non-hydrogen) atoms. The lowest BCUT2D eigenvalue weighted by Gasteiger charge is -2.13. The Hall–Kier alpha value is -2.34. The van der Waals surface area contributed by atoms with Crippen LogP contribution in [-0.2, 0) is 10.0 Å². The van der Waals surface area contributed by atoms with E-state index in [9.17, 15) is 13.2 Å². The summed E-state index contributed by atoms with van der Waals surface area (Å²) in [5.41, 5.74) is 0.779. The Morgan fingerprint density at radius 2 is 1.79 bits per heavy atom. The second-order valence-corrected chi connectivity index (χ2v) is 7.34. The number of sulfonamides is 1. The number of rotatable bonds is 7. The van der Waals surface area contributed by atoms with Gasteiger partial charge in [-0.3, -0.25) is 9.52 Å². The molecular formula is C18H22N2O3S. The van der Waals surface area contributed by atoms with Crippen LogP contribution < -0.4 is 10.0 Å². The summed E-state index contributed by atoms with van der Waals surface area (Å²) in [4.78, 5) is 12.4. The summed E-state index contributed by atoms with van der Waals surface area (Å²) < 4.78 is 27.2. The molecule has 2 aromatic rings. The topological polar surface area (TPSA) is 75.3 Å². The maximum Gasteiger partial charge on any atom is 0.261 e. The molecule has 0 aromatic heterocycles. The lowest BCUT2D eigenvalue weighted by atomic mass is 10.1. The zero-order valence-corrected chi connectivity index (χ0v) is 14.6. The minimum absolute atomic E-state index is 0.0761. The number of carbonyl (C=O) groups excluding carboxylic acids is 1. The highest BCUT2D eigenvalue weighted by Gasteiger charge is 2.15. The molecule has 2 rings (SSSR count). The number of nitrogens with one attached hydrogen (secondary N) is 2. The average Bonchev–Trinajstić information content (AvgIpc) is 2.55. The van der Waals surface area contributed by atoms with Gasteiger partial charge in [0.1, 0.15) is 0 Å². The van der Waals surface area contributed by atoms with Gasteiger partial charge in [-0.1, -0.05) is 37.6 Å². The number of benzene rings is 2. The van der Waals surface area contributed by atoms with Crippen LogP contribution >= 0.6 is 0 Å². The standard InChI is InChI=1S/C18H22N2O3S/c1-3-8-14(2)19-18(21)15-9-7-10-16(13-15)20-24(22,23)17-11-5-4-6-12-17/h4-7,9-14,20H,3,8H2,1-2H3,(H,19,21). The van der Waals surface area contributed by atoms with E-state index in [0.29, 0.717) is 11.3 Å². The highest BCUT2D eigenvalue weighted by molar-refractivity contribution is 7.92. The molecule has 6 heteroatoms. The zero-order chi connectivity index (χ0) is 17.6. The van der Waals surface area contributed by atoms with Crippen molar-refractivity contribution < 1.29 is 13.2 Å². The predicted octanol–water partition coefficient (Wildman–Crippen LogP) is 3.41. The third-order valence-electron chi connectivity index (χ3n) is 3.53. The molecule has 5 nitrogen and oxygen atoms in total. The van der Waals surface area contributed by atoms with Crippen LogP contribution in [0, 0.1) is 0 Å². The smallest absolute Gasteiger partial charge is 0.261 e. The molecule has 2 N–H and O–H groups in total. The van der Waals surface area contributed by atoms with Crippen molar-refractivity contribution in [3.8, 4) is 0 Å². The summed E-state index contributed by atoms with van der Waals surface area (Å²) in [6.07, 6.45) is 1.88. The summed E-state index contributed by atoms with van der Waals surface area (Å²) in [7, 11) is -3.67. The fraction of sp³-hybridized carbons (Fsp3) is 0.278. The number of hydrogen-bond acceptors (Lipinski definition) is 3. The first-order chi connectivity index (χ1) is 11.4. The normalized spacial score (nSPS) is 12.4. The van der Waals surface area contributed by atoms with Gasteiger partial charge in [-0.15, -0.1) is 0 Å². The van der Waals surface area contributed by atoms with E-state index in [1.165, 1.54) is 18.2 Å². The molecule has 0 spiro atoms. The Bertz CT molecular complexity index is 789. The van der Waals surface area contributed by atoms with Crippen LogP contribution in [0.25, 0.3) is 0 Å². The molecule has 0 saturated carbocycles. The van der Waals surface area contributed by atoms with E-state index in [0.717, 1.165) is 12.8 Å². The quantitative estimate of drug-likeness (QED) is 0.807. The average molecular weight is 346 g/mol. The van der Waals surface area contributed by atoms with Gasteiger partial charge in [-0.05, 0) is 43.7 Å². The fourth-order valence-electron chi connectivity index (χ4n) is 2.35. The second kappa shape index (κ2) is 7.97. The van der Waals surface area contributed by atoms with Crippen molar-refractivity contribution in [1.82, 2.24) is 5.32 Å². The molecule has 2 aromatic carbocycles. The van der Waals surface area contributed by atoms with Gasteiger partial charge in [0, 0.05) is 17.3 Å². The van der Waals surface area contributed by atoms with Crippen molar-refractivity contribution in [2.24, 2.45) is 0 Å². The van der Waals surface area contributed by atoms with E-state index in [1.807, 2.05) is 6.92 Å². The molecule has 1 unspecified atom stereocenters. The monoisotopic (exact) mass is 346 g/mol. The van der Waals surface area contributed by atoms with Gasteiger partial charge >= 0.3 is 0 Å². The fourth-order valence-corrected chi connectivity index (χ4v) is 3.42. The Morgan fingerprint density at radius 1 is 1.08 bits per heavy atom. The van der Waals surface area contributed by atoms with Gasteiger partial charge in [-0.25, -0.2) is 8.42 Å². The molecule has 0 radical (unpaired) electrons. The predicted molar refractivity (Wildman–Crippen MR) is 95.5 cm³/mol. The molecule has 0 aliphatic heterocycles. The van der Waals surface area contributed by atoms with Crippen LogP contribution in [0.3, 0.4) is 0 Å². The van der Waals surface area contributed by atoms with Gasteiger partial charge in [0.2, 0.25) is 0 Å². The van der Waals surface area contributed by atoms with Crippen molar-refractivity contribution in [2.45, 2.75) is 37.6 Å². The molecule has 0 aliphatic rings. The number of hydrogen-bond donors (Lipinski definition) is 2. The van der Waals surface area contributed by atoms with Crippen LogP contribution in [0.1, 0.15) is 37.0 Å². The van der Waals surface area contributed by atoms with E-state index in [4.69, 9.17) is 0 Å². The summed E-state index contributed by atoms with van der Waals surface area (Å²) in [5.74, 6) is -0.211. The maximum absolute atomic E-state index is 12.3. The molecule has 0 heterocycles. The second-order valence-electron chi connectivity index (χ2n) is 5.66. The van der Waals surface area contributed by atoms with E-state index >= 15 is 0 Å². The number of carbonyl (C=O) groups is 1. The molecule has 1 atom stereocenters. The third kappa shape index (κ3) is 4.83. The van der Waals surface area contributed by atoms with Crippen molar-refractivity contribution >= 4 is 21.6 Å². The highest BCUT2D eigenvalue weighted by Crippen LogP contribution is 2.17. The minimum Gasteiger partial charge on any atom is -0.350 e. The molecule has 0 saturated heterocycles. The first kappa shape index (κ1) is 18.0. The molecule has 1 amide bonds. The Kier molecular flexibility index (Phi) is 5.98. The lowest BCUT2D eigenvalue weighted by molar-refractivity contribution is 0.0938. The molecule has 0 fully saturated rings. The largest absolute Gasteiger partial charge is 0.350 e. The highest BCUT2D eigenvalue weighted by atomic mass is 32.2. The number of amides is 1. The molecule has 0 bridgehead atoms. The van der Waals surface area contributed by atoms with Crippen LogP contribution in [0.5, 0.6) is 0 Å². The number of anilines is 1. The SMILES string of the molecule is CCCC(C)NC(=O)c1cccc(NS(=O)(=O)c2ccccc2)c1. The molecular weight excluding hydrogens is 324 g/mol. The first-order valence-corrected chi connectivity index (χ1v) is 9.39. The maximum atomic E-state index is 12.3.